The van der Waals surface area contributed by atoms with E-state index in [1.54, 1.807) is 30.1 Å². The Morgan fingerprint density at radius 3 is 2.83 bits per heavy atom. The van der Waals surface area contributed by atoms with Gasteiger partial charge in [0.25, 0.3) is 0 Å². The summed E-state index contributed by atoms with van der Waals surface area (Å²) in [5.41, 5.74) is 7.56. The maximum Gasteiger partial charge on any atom is 0.166 e. The van der Waals surface area contributed by atoms with Crippen molar-refractivity contribution in [2.75, 3.05) is 18.7 Å². The van der Waals surface area contributed by atoms with Crippen molar-refractivity contribution in [1.82, 2.24) is 20.1 Å². The van der Waals surface area contributed by atoms with Gasteiger partial charge in [0.2, 0.25) is 0 Å². The minimum Gasteiger partial charge on any atom is -0.482 e. The number of rotatable bonds is 5. The lowest BCUT2D eigenvalue weighted by atomic mass is 10.1. The molecule has 1 aliphatic heterocycles. The number of nitrogen functional groups attached to an aromatic ring is 1. The van der Waals surface area contributed by atoms with Crippen LogP contribution in [0, 0.1) is 5.82 Å². The summed E-state index contributed by atoms with van der Waals surface area (Å²) in [7, 11) is 0. The van der Waals surface area contributed by atoms with Crippen LogP contribution in [0.15, 0.2) is 36.8 Å². The van der Waals surface area contributed by atoms with Gasteiger partial charge in [0, 0.05) is 39.6 Å². The van der Waals surface area contributed by atoms with Crippen molar-refractivity contribution in [2.45, 2.75) is 31.9 Å². The average Bonchev–Trinajstić information content (AvgIpc) is 3.21. The number of nitrogens with two attached hydrogens (primary N) is 1. The number of halogens is 3. The van der Waals surface area contributed by atoms with E-state index >= 15 is 0 Å². The second kappa shape index (κ2) is 8.79. The maximum absolute atomic E-state index is 13.9. The zero-order valence-electron chi connectivity index (χ0n) is 20.0. The minimum absolute atomic E-state index is 0.0641. The highest BCUT2D eigenvalue weighted by Crippen LogP contribution is 2.37. The third-order valence-electron chi connectivity index (χ3n) is 4.83. The van der Waals surface area contributed by atoms with Gasteiger partial charge in [-0.1, -0.05) is 23.2 Å². The molecule has 0 unspecified atom stereocenters. The van der Waals surface area contributed by atoms with Crippen molar-refractivity contribution in [3.8, 4) is 16.9 Å². The van der Waals surface area contributed by atoms with E-state index in [4.69, 9.17) is 39.2 Å². The lowest BCUT2D eigenvalue weighted by Gasteiger charge is -2.22. The quantitative estimate of drug-likeness (QED) is 0.529. The van der Waals surface area contributed by atoms with Gasteiger partial charge >= 0.3 is 0 Å². The van der Waals surface area contributed by atoms with Gasteiger partial charge < -0.3 is 15.8 Å². The molecular formula is C21H22Cl2FN5O. The molecule has 0 saturated carbocycles. The van der Waals surface area contributed by atoms with Crippen LogP contribution in [0.2, 0.25) is 10.0 Å². The average molecular weight is 454 g/mol. The summed E-state index contributed by atoms with van der Waals surface area (Å²) in [6.07, 6.45) is 4.22. The van der Waals surface area contributed by atoms with Crippen LogP contribution in [0.1, 0.15) is 43.0 Å². The van der Waals surface area contributed by atoms with Crippen molar-refractivity contribution >= 4 is 29.0 Å². The highest BCUT2D eigenvalue weighted by atomic mass is 35.5. The number of anilines is 1. The molecule has 2 aromatic heterocycles. The normalized spacial score (nSPS) is 21.2. The molecule has 30 heavy (non-hydrogen) atoms. The fourth-order valence-electron chi connectivity index (χ4n) is 3.22. The molecule has 1 fully saturated rings. The number of nitrogens with zero attached hydrogens (tertiary/aromatic N) is 3. The summed E-state index contributed by atoms with van der Waals surface area (Å²) in [4.78, 5) is 4.18. The molecular weight excluding hydrogens is 428 g/mol. The molecule has 1 atom stereocenters. The standard InChI is InChI=1S/C21H22Cl2FN5O/c1-12(19-16(22)2-3-17(24)20(19)23)30-18-8-13(9-27-21(18)25)14-10-28-29(11-14)15-4-6-26-7-5-15/h2-3,8-12,15,26H,4-7H2,1H3,(H2,25,27)/t12-/m1/s1/i6D2,7D2. The van der Waals surface area contributed by atoms with Gasteiger partial charge in [0.05, 0.1) is 17.3 Å². The van der Waals surface area contributed by atoms with Crippen LogP contribution >= 0.6 is 23.2 Å². The van der Waals surface area contributed by atoms with E-state index in [-0.39, 0.29) is 40.0 Å². The van der Waals surface area contributed by atoms with E-state index in [2.05, 4.69) is 15.4 Å². The summed E-state index contributed by atoms with van der Waals surface area (Å²) < 4.78 is 53.2. The van der Waals surface area contributed by atoms with E-state index in [0.717, 1.165) is 0 Å². The van der Waals surface area contributed by atoms with Crippen LogP contribution in [0.4, 0.5) is 10.2 Å². The number of benzene rings is 1. The third-order valence-corrected chi connectivity index (χ3v) is 5.55. The molecule has 0 radical (unpaired) electrons. The number of hydrogen-bond donors (Lipinski definition) is 2. The Bertz CT molecular complexity index is 1210. The van der Waals surface area contributed by atoms with Crippen molar-refractivity contribution in [3.05, 3.63) is 58.2 Å². The monoisotopic (exact) mass is 453 g/mol. The molecule has 3 heterocycles. The Balaban J connectivity index is 1.59. The highest BCUT2D eigenvalue weighted by molar-refractivity contribution is 6.36. The van der Waals surface area contributed by atoms with Crippen LogP contribution < -0.4 is 15.8 Å². The first-order valence-electron chi connectivity index (χ1n) is 11.2. The molecule has 0 spiro atoms. The Morgan fingerprint density at radius 2 is 2.07 bits per heavy atom. The van der Waals surface area contributed by atoms with Crippen molar-refractivity contribution in [1.29, 1.82) is 0 Å². The lowest BCUT2D eigenvalue weighted by molar-refractivity contribution is 0.227. The topological polar surface area (TPSA) is 78.0 Å². The van der Waals surface area contributed by atoms with Gasteiger partial charge in [-0.05, 0) is 51.0 Å². The summed E-state index contributed by atoms with van der Waals surface area (Å²) in [5, 5.41) is 6.81. The summed E-state index contributed by atoms with van der Waals surface area (Å²) in [6.45, 7) is -2.06. The van der Waals surface area contributed by atoms with Crippen molar-refractivity contribution < 1.29 is 14.6 Å². The Labute approximate surface area is 189 Å². The number of piperidine rings is 1. The predicted octanol–water partition coefficient (Wildman–Crippen LogP) is 5.04. The number of aromatic nitrogens is 3. The van der Waals surface area contributed by atoms with E-state index in [0.29, 0.717) is 11.1 Å². The van der Waals surface area contributed by atoms with E-state index in [1.165, 1.54) is 18.3 Å². The first kappa shape index (κ1) is 16.4. The molecule has 0 bridgehead atoms. The van der Waals surface area contributed by atoms with E-state index < -0.39 is 31.0 Å². The fraction of sp³-hybridized carbons (Fsp3) is 0.333. The molecule has 9 heteroatoms. The minimum atomic E-state index is -1.86. The Hall–Kier alpha value is -2.35. The predicted molar refractivity (Wildman–Crippen MR) is 116 cm³/mol. The fourth-order valence-corrected chi connectivity index (χ4v) is 3.90. The molecule has 3 N–H and O–H groups in total. The van der Waals surface area contributed by atoms with Crippen LogP contribution in [-0.4, -0.2) is 27.8 Å². The van der Waals surface area contributed by atoms with Gasteiger partial charge in [0.1, 0.15) is 11.9 Å². The number of ether oxygens (including phenoxy) is 1. The van der Waals surface area contributed by atoms with Crippen LogP contribution in [-0.2, 0) is 0 Å². The number of hydrogen-bond acceptors (Lipinski definition) is 5. The zero-order chi connectivity index (χ0) is 24.8. The molecule has 0 amide bonds. The van der Waals surface area contributed by atoms with Gasteiger partial charge in [-0.2, -0.15) is 5.10 Å². The first-order chi connectivity index (χ1) is 15.8. The van der Waals surface area contributed by atoms with E-state index in [1.807, 2.05) is 0 Å². The summed E-state index contributed by atoms with van der Waals surface area (Å²) in [6, 6.07) is 3.75. The third kappa shape index (κ3) is 4.24. The highest BCUT2D eigenvalue weighted by Gasteiger charge is 2.21. The van der Waals surface area contributed by atoms with Crippen molar-refractivity contribution in [3.63, 3.8) is 0 Å². The lowest BCUT2D eigenvalue weighted by Crippen LogP contribution is -2.29. The Kier molecular flexibility index (Phi) is 4.80. The molecule has 158 valence electrons. The van der Waals surface area contributed by atoms with Gasteiger partial charge in [-0.3, -0.25) is 4.68 Å². The second-order valence-corrected chi connectivity index (χ2v) is 7.66. The smallest absolute Gasteiger partial charge is 0.166 e. The van der Waals surface area contributed by atoms with Crippen molar-refractivity contribution in [2.24, 2.45) is 0 Å². The number of nitrogens with one attached hydrogen (secondary N) is 1. The second-order valence-electron chi connectivity index (χ2n) is 6.87. The molecule has 1 aliphatic rings. The zero-order valence-corrected chi connectivity index (χ0v) is 17.5. The summed E-state index contributed by atoms with van der Waals surface area (Å²) in [5.74, 6) is -0.259. The van der Waals surface area contributed by atoms with Gasteiger partial charge in [0.15, 0.2) is 11.6 Å². The van der Waals surface area contributed by atoms with Crippen LogP contribution in [0.25, 0.3) is 11.1 Å². The SMILES string of the molecule is [2H]C1([2H])CC(n2cc(-c3cnc(N)c(O[C@H](C)c4c(Cl)ccc(F)c4Cl)c3)cn2)CC([2H])([2H])N1. The van der Waals surface area contributed by atoms with Crippen LogP contribution in [0.3, 0.4) is 0 Å². The van der Waals surface area contributed by atoms with Gasteiger partial charge in [-0.15, -0.1) is 0 Å². The molecule has 0 aliphatic carbocycles. The Morgan fingerprint density at radius 1 is 1.30 bits per heavy atom. The number of pyridine rings is 1. The molecule has 3 aromatic rings. The summed E-state index contributed by atoms with van der Waals surface area (Å²) >= 11 is 12.3. The maximum atomic E-state index is 13.9. The molecule has 1 saturated heterocycles. The molecule has 4 rings (SSSR count). The van der Waals surface area contributed by atoms with Crippen LogP contribution in [0.5, 0.6) is 5.75 Å². The molecule has 6 nitrogen and oxygen atoms in total. The largest absolute Gasteiger partial charge is 0.482 e. The van der Waals surface area contributed by atoms with Gasteiger partial charge in [-0.25, -0.2) is 9.37 Å². The first-order valence-corrected chi connectivity index (χ1v) is 10.0. The van der Waals surface area contributed by atoms with E-state index in [9.17, 15) is 4.39 Å². The molecule has 1 aromatic carbocycles.